The molecule has 3 aromatic rings. The van der Waals surface area contributed by atoms with Gasteiger partial charge in [-0.05, 0) is 43.7 Å². The van der Waals surface area contributed by atoms with Crippen LogP contribution < -0.4 is 5.56 Å². The Balaban J connectivity index is 1.32. The number of hydrogen-bond acceptors (Lipinski definition) is 5. The maximum atomic E-state index is 13.0. The average molecular weight is 378 g/mol. The van der Waals surface area contributed by atoms with Gasteiger partial charge in [-0.15, -0.1) is 5.10 Å². The van der Waals surface area contributed by atoms with Gasteiger partial charge in [0.05, 0.1) is 5.69 Å². The highest BCUT2D eigenvalue weighted by Crippen LogP contribution is 2.38. The zero-order valence-corrected chi connectivity index (χ0v) is 15.6. The largest absolute Gasteiger partial charge is 0.338 e. The molecule has 1 saturated heterocycles. The summed E-state index contributed by atoms with van der Waals surface area (Å²) in [7, 11) is 0. The van der Waals surface area contributed by atoms with Gasteiger partial charge in [-0.1, -0.05) is 11.3 Å². The summed E-state index contributed by atoms with van der Waals surface area (Å²) in [5, 5.41) is 8.51. The molecule has 1 aliphatic heterocycles. The molecule has 1 amide bonds. The van der Waals surface area contributed by atoms with E-state index in [1.807, 2.05) is 16.9 Å². The minimum atomic E-state index is -0.317. The molecule has 1 aliphatic carbocycles. The van der Waals surface area contributed by atoms with E-state index < -0.39 is 0 Å². The summed E-state index contributed by atoms with van der Waals surface area (Å²) in [6.07, 6.45) is 9.46. The quantitative estimate of drug-likeness (QED) is 0.690. The molecular formula is C20H22N6O2. The second-order valence-corrected chi connectivity index (χ2v) is 7.81. The molecular weight excluding hydrogens is 356 g/mol. The van der Waals surface area contributed by atoms with Crippen molar-refractivity contribution in [2.45, 2.75) is 38.1 Å². The fourth-order valence-electron chi connectivity index (χ4n) is 3.98. The number of amides is 1. The summed E-state index contributed by atoms with van der Waals surface area (Å²) < 4.78 is 3.32. The third-order valence-electron chi connectivity index (χ3n) is 5.65. The Morgan fingerprint density at radius 3 is 2.96 bits per heavy atom. The highest BCUT2D eigenvalue weighted by Gasteiger charge is 2.29. The van der Waals surface area contributed by atoms with Gasteiger partial charge in [0.15, 0.2) is 0 Å². The SMILES string of the molecule is O=C(c1cnc2ccccn2c1=O)N1CCC[C@@H](Cn2cc(C3CC3)nn2)C1. The van der Waals surface area contributed by atoms with Crippen molar-refractivity contribution >= 4 is 11.6 Å². The van der Waals surface area contributed by atoms with E-state index in [4.69, 9.17) is 0 Å². The van der Waals surface area contributed by atoms with Crippen molar-refractivity contribution < 1.29 is 4.79 Å². The lowest BCUT2D eigenvalue weighted by Gasteiger charge is -2.32. The average Bonchev–Trinajstić information content (AvgIpc) is 3.48. The van der Waals surface area contributed by atoms with E-state index in [2.05, 4.69) is 15.3 Å². The Bertz CT molecular complexity index is 1080. The summed E-state index contributed by atoms with van der Waals surface area (Å²) in [6, 6.07) is 5.33. The fraction of sp³-hybridized carbons (Fsp3) is 0.450. The van der Waals surface area contributed by atoms with Crippen molar-refractivity contribution in [2.24, 2.45) is 5.92 Å². The molecule has 0 N–H and O–H groups in total. The van der Waals surface area contributed by atoms with E-state index in [9.17, 15) is 9.59 Å². The summed E-state index contributed by atoms with van der Waals surface area (Å²) in [5.41, 5.74) is 1.43. The number of rotatable bonds is 4. The lowest BCUT2D eigenvalue weighted by molar-refractivity contribution is 0.0657. The van der Waals surface area contributed by atoms with E-state index in [0.29, 0.717) is 30.6 Å². The molecule has 1 saturated carbocycles. The third kappa shape index (κ3) is 3.19. The van der Waals surface area contributed by atoms with Crippen molar-refractivity contribution in [1.29, 1.82) is 0 Å². The van der Waals surface area contributed by atoms with Crippen molar-refractivity contribution in [1.82, 2.24) is 29.3 Å². The molecule has 8 heteroatoms. The van der Waals surface area contributed by atoms with Gasteiger partial charge in [0.1, 0.15) is 11.2 Å². The van der Waals surface area contributed by atoms with E-state index >= 15 is 0 Å². The summed E-state index contributed by atoms with van der Waals surface area (Å²) in [5.74, 6) is 0.659. The first kappa shape index (κ1) is 17.1. The molecule has 0 unspecified atom stereocenters. The Morgan fingerprint density at radius 2 is 2.11 bits per heavy atom. The van der Waals surface area contributed by atoms with Gasteiger partial charge in [0.25, 0.3) is 11.5 Å². The molecule has 5 rings (SSSR count). The van der Waals surface area contributed by atoms with Crippen molar-refractivity contribution in [3.05, 3.63) is 58.4 Å². The molecule has 2 fully saturated rings. The molecule has 0 spiro atoms. The molecule has 3 aromatic heterocycles. The number of likely N-dealkylation sites (tertiary alicyclic amines) is 1. The summed E-state index contributed by atoms with van der Waals surface area (Å²) in [4.78, 5) is 31.8. The first-order valence-electron chi connectivity index (χ1n) is 9.85. The second kappa shape index (κ2) is 6.85. The van der Waals surface area contributed by atoms with E-state index in [1.165, 1.54) is 23.4 Å². The van der Waals surface area contributed by atoms with Crippen LogP contribution >= 0.6 is 0 Å². The van der Waals surface area contributed by atoms with Gasteiger partial charge in [0, 0.05) is 44.1 Å². The first-order valence-corrected chi connectivity index (χ1v) is 9.85. The van der Waals surface area contributed by atoms with Crippen molar-refractivity contribution in [2.75, 3.05) is 13.1 Å². The van der Waals surface area contributed by atoms with Crippen molar-refractivity contribution in [3.63, 3.8) is 0 Å². The Kier molecular flexibility index (Phi) is 4.18. The van der Waals surface area contributed by atoms with Crippen LogP contribution in [-0.4, -0.2) is 48.3 Å². The molecule has 28 heavy (non-hydrogen) atoms. The Labute approximate surface area is 161 Å². The fourth-order valence-corrected chi connectivity index (χ4v) is 3.98. The number of pyridine rings is 1. The van der Waals surface area contributed by atoms with Gasteiger partial charge >= 0.3 is 0 Å². The minimum Gasteiger partial charge on any atom is -0.338 e. The summed E-state index contributed by atoms with van der Waals surface area (Å²) in [6.45, 7) is 2.03. The number of piperidine rings is 1. The molecule has 144 valence electrons. The van der Waals surface area contributed by atoms with Gasteiger partial charge in [-0.2, -0.15) is 0 Å². The van der Waals surface area contributed by atoms with Crippen LogP contribution in [0.2, 0.25) is 0 Å². The van der Waals surface area contributed by atoms with Crippen LogP contribution in [0.25, 0.3) is 5.65 Å². The molecule has 2 aliphatic rings. The van der Waals surface area contributed by atoms with E-state index in [1.54, 1.807) is 23.2 Å². The second-order valence-electron chi connectivity index (χ2n) is 7.81. The minimum absolute atomic E-state index is 0.126. The molecule has 1 atom stereocenters. The molecule has 4 heterocycles. The highest BCUT2D eigenvalue weighted by atomic mass is 16.2. The first-order chi connectivity index (χ1) is 13.7. The van der Waals surface area contributed by atoms with Gasteiger partial charge in [-0.25, -0.2) is 4.98 Å². The zero-order chi connectivity index (χ0) is 19.1. The highest BCUT2D eigenvalue weighted by molar-refractivity contribution is 5.93. The third-order valence-corrected chi connectivity index (χ3v) is 5.65. The van der Waals surface area contributed by atoms with E-state index in [0.717, 1.165) is 25.1 Å². The molecule has 8 nitrogen and oxygen atoms in total. The number of carbonyl (C=O) groups is 1. The lowest BCUT2D eigenvalue weighted by atomic mass is 9.97. The number of hydrogen-bond donors (Lipinski definition) is 0. The zero-order valence-electron chi connectivity index (χ0n) is 15.6. The van der Waals surface area contributed by atoms with Crippen LogP contribution in [0.1, 0.15) is 47.7 Å². The topological polar surface area (TPSA) is 85.4 Å². The standard InChI is InChI=1S/C20H22N6O2/c27-19(16-10-21-18-5-1-2-9-26(18)20(16)28)24-8-3-4-14(11-24)12-25-13-17(22-23-25)15-6-7-15/h1-2,5,9-10,13-15H,3-4,6-8,11-12H2/t14-/m1/s1. The maximum absolute atomic E-state index is 13.0. The number of nitrogens with zero attached hydrogens (tertiary/aromatic N) is 6. The predicted octanol–water partition coefficient (Wildman–Crippen LogP) is 1.72. The lowest BCUT2D eigenvalue weighted by Crippen LogP contribution is -2.43. The van der Waals surface area contributed by atoms with Crippen LogP contribution in [0.5, 0.6) is 0 Å². The van der Waals surface area contributed by atoms with Crippen LogP contribution in [-0.2, 0) is 6.54 Å². The smallest absolute Gasteiger partial charge is 0.270 e. The van der Waals surface area contributed by atoms with Crippen LogP contribution in [0.15, 0.2) is 41.6 Å². The van der Waals surface area contributed by atoms with E-state index in [-0.39, 0.29) is 17.0 Å². The van der Waals surface area contributed by atoms with Crippen LogP contribution in [0, 0.1) is 5.92 Å². The summed E-state index contributed by atoms with van der Waals surface area (Å²) >= 11 is 0. The monoisotopic (exact) mass is 378 g/mol. The number of fused-ring (bicyclic) bond motifs is 1. The Morgan fingerprint density at radius 1 is 1.21 bits per heavy atom. The number of aromatic nitrogens is 5. The van der Waals surface area contributed by atoms with Gasteiger partial charge in [0.2, 0.25) is 0 Å². The van der Waals surface area contributed by atoms with Gasteiger partial charge < -0.3 is 4.90 Å². The Hall–Kier alpha value is -3.03. The molecule has 0 bridgehead atoms. The van der Waals surface area contributed by atoms with Crippen molar-refractivity contribution in [3.8, 4) is 0 Å². The molecule has 0 aromatic carbocycles. The van der Waals surface area contributed by atoms with Crippen LogP contribution in [0.4, 0.5) is 0 Å². The maximum Gasteiger partial charge on any atom is 0.270 e. The number of carbonyl (C=O) groups excluding carboxylic acids is 1. The normalized spacial score (nSPS) is 19.9. The van der Waals surface area contributed by atoms with Gasteiger partial charge in [-0.3, -0.25) is 18.7 Å². The van der Waals surface area contributed by atoms with Crippen LogP contribution in [0.3, 0.4) is 0 Å². The predicted molar refractivity (Wildman–Crippen MR) is 102 cm³/mol. The molecule has 0 radical (unpaired) electrons.